The number of nitrogens with zero attached hydrogens (tertiary/aromatic N) is 2. The van der Waals surface area contributed by atoms with Crippen LogP contribution < -0.4 is 5.32 Å². The zero-order valence-electron chi connectivity index (χ0n) is 14.0. The Bertz CT molecular complexity index is 525. The fourth-order valence-corrected chi connectivity index (χ4v) is 2.85. The van der Waals surface area contributed by atoms with Crippen molar-refractivity contribution < 1.29 is 19.4 Å². The summed E-state index contributed by atoms with van der Waals surface area (Å²) in [5, 5.41) is 11.6. The molecule has 1 amide bonds. The Morgan fingerprint density at radius 2 is 2.17 bits per heavy atom. The van der Waals surface area contributed by atoms with Gasteiger partial charge >= 0.3 is 12.1 Å². The lowest BCUT2D eigenvalue weighted by Gasteiger charge is -2.21. The number of hydrogen-bond donors (Lipinski definition) is 2. The van der Waals surface area contributed by atoms with Crippen LogP contribution in [0.5, 0.6) is 0 Å². The van der Waals surface area contributed by atoms with E-state index in [0.29, 0.717) is 5.75 Å². The quantitative estimate of drug-likeness (QED) is 0.753. The molecule has 8 heteroatoms. The van der Waals surface area contributed by atoms with E-state index in [9.17, 15) is 14.7 Å². The number of alkyl carbamates (subject to hydrolysis) is 1. The predicted octanol–water partition coefficient (Wildman–Crippen LogP) is 2.50. The minimum Gasteiger partial charge on any atom is -0.480 e. The van der Waals surface area contributed by atoms with Gasteiger partial charge in [0, 0.05) is 29.9 Å². The summed E-state index contributed by atoms with van der Waals surface area (Å²) in [5.74, 6) is -0.184. The summed E-state index contributed by atoms with van der Waals surface area (Å²) in [7, 11) is 0. The number of carboxylic acids is 1. The maximum atomic E-state index is 11.7. The molecule has 1 aromatic heterocycles. The number of amides is 1. The van der Waals surface area contributed by atoms with Crippen LogP contribution >= 0.6 is 11.8 Å². The summed E-state index contributed by atoms with van der Waals surface area (Å²) in [6.07, 6.45) is 3.83. The van der Waals surface area contributed by atoms with Gasteiger partial charge in [-0.3, -0.25) is 0 Å². The average Bonchev–Trinajstić information content (AvgIpc) is 2.83. The van der Waals surface area contributed by atoms with Crippen molar-refractivity contribution in [3.8, 4) is 0 Å². The highest BCUT2D eigenvalue weighted by atomic mass is 32.2. The third kappa shape index (κ3) is 7.40. The van der Waals surface area contributed by atoms with Crippen molar-refractivity contribution in [2.24, 2.45) is 0 Å². The van der Waals surface area contributed by atoms with Crippen molar-refractivity contribution in [2.45, 2.75) is 58.1 Å². The second-order valence-corrected chi connectivity index (χ2v) is 7.16. The Hall–Kier alpha value is -1.70. The largest absolute Gasteiger partial charge is 0.480 e. The maximum Gasteiger partial charge on any atom is 0.408 e. The molecule has 23 heavy (non-hydrogen) atoms. The summed E-state index contributed by atoms with van der Waals surface area (Å²) in [4.78, 5) is 27.1. The normalized spacial score (nSPS) is 12.7. The number of aromatic nitrogens is 2. The summed E-state index contributed by atoms with van der Waals surface area (Å²) in [5.41, 5.74) is 0.380. The predicted molar refractivity (Wildman–Crippen MR) is 89.5 cm³/mol. The number of hydrogen-bond acceptors (Lipinski definition) is 5. The zero-order chi connectivity index (χ0) is 17.5. The van der Waals surface area contributed by atoms with Crippen LogP contribution in [0.2, 0.25) is 0 Å². The molecule has 2 N–H and O–H groups in total. The molecule has 1 unspecified atom stereocenters. The average molecular weight is 343 g/mol. The first-order chi connectivity index (χ1) is 10.7. The molecule has 0 saturated heterocycles. The maximum absolute atomic E-state index is 11.7. The Labute approximate surface area is 140 Å². The number of ether oxygens (including phenoxy) is 1. The number of carboxylic acid groups (broad SMARTS) is 1. The topological polar surface area (TPSA) is 93.5 Å². The van der Waals surface area contributed by atoms with Crippen LogP contribution in [-0.4, -0.2) is 44.1 Å². The monoisotopic (exact) mass is 343 g/mol. The van der Waals surface area contributed by atoms with Crippen LogP contribution in [0.4, 0.5) is 4.79 Å². The van der Waals surface area contributed by atoms with Gasteiger partial charge in [-0.25, -0.2) is 14.6 Å². The van der Waals surface area contributed by atoms with Gasteiger partial charge in [-0.2, -0.15) is 11.8 Å². The van der Waals surface area contributed by atoms with Crippen molar-refractivity contribution in [3.05, 3.63) is 18.2 Å². The lowest BCUT2D eigenvalue weighted by Crippen LogP contribution is -2.44. The van der Waals surface area contributed by atoms with E-state index in [-0.39, 0.29) is 5.75 Å². The fraction of sp³-hybridized carbons (Fsp3) is 0.667. The lowest BCUT2D eigenvalue weighted by molar-refractivity contribution is -0.138. The number of rotatable bonds is 8. The summed E-state index contributed by atoms with van der Waals surface area (Å²) >= 11 is 1.44. The molecule has 7 nitrogen and oxygen atoms in total. The second kappa shape index (κ2) is 8.81. The molecule has 0 aliphatic heterocycles. The first-order valence-corrected chi connectivity index (χ1v) is 8.67. The van der Waals surface area contributed by atoms with Gasteiger partial charge in [0.05, 0.1) is 6.33 Å². The number of thioether (sulfide) groups is 1. The van der Waals surface area contributed by atoms with Crippen LogP contribution in [0.1, 0.15) is 39.8 Å². The smallest absolute Gasteiger partial charge is 0.408 e. The molecule has 0 radical (unpaired) electrons. The molecule has 0 aliphatic rings. The molecule has 0 fully saturated rings. The summed E-state index contributed by atoms with van der Waals surface area (Å²) in [6.45, 7) is 8.15. The summed E-state index contributed by atoms with van der Waals surface area (Å²) in [6, 6.07) is -0.989. The highest BCUT2D eigenvalue weighted by Crippen LogP contribution is 2.14. The van der Waals surface area contributed by atoms with E-state index in [0.717, 1.165) is 18.7 Å². The van der Waals surface area contributed by atoms with E-state index < -0.39 is 23.7 Å². The number of aryl methyl sites for hydroxylation is 1. The van der Waals surface area contributed by atoms with Crippen LogP contribution in [0, 0.1) is 0 Å². The van der Waals surface area contributed by atoms with Gasteiger partial charge in [-0.15, -0.1) is 0 Å². The molecule has 0 aliphatic carbocycles. The Morgan fingerprint density at radius 3 is 2.74 bits per heavy atom. The molecular formula is C15H25N3O4S. The first kappa shape index (κ1) is 19.3. The van der Waals surface area contributed by atoms with Crippen LogP contribution in [0.15, 0.2) is 12.5 Å². The Morgan fingerprint density at radius 1 is 1.48 bits per heavy atom. The van der Waals surface area contributed by atoms with Gasteiger partial charge in [0.2, 0.25) is 0 Å². The van der Waals surface area contributed by atoms with Gasteiger partial charge in [-0.05, 0) is 27.2 Å². The van der Waals surface area contributed by atoms with E-state index in [4.69, 9.17) is 4.74 Å². The van der Waals surface area contributed by atoms with Crippen LogP contribution in [0.25, 0.3) is 0 Å². The number of nitrogens with one attached hydrogen (secondary N) is 1. The second-order valence-electron chi connectivity index (χ2n) is 6.13. The van der Waals surface area contributed by atoms with Crippen LogP contribution in [0.3, 0.4) is 0 Å². The standard InChI is InChI=1S/C15H25N3O4S/c1-5-6-18-10-16-7-11(18)8-23-9-12(13(19)20)17-14(21)22-15(2,3)4/h7,10,12H,5-6,8-9H2,1-4H3,(H,17,21)(H,19,20). The minimum atomic E-state index is -1.08. The van der Waals surface area contributed by atoms with Crippen molar-refractivity contribution in [3.63, 3.8) is 0 Å². The number of carbonyl (C=O) groups is 2. The molecule has 0 saturated carbocycles. The van der Waals surface area contributed by atoms with Crippen LogP contribution in [-0.2, 0) is 21.8 Å². The molecule has 130 valence electrons. The number of aliphatic carboxylic acids is 1. The highest BCUT2D eigenvalue weighted by Gasteiger charge is 2.24. The van der Waals surface area contributed by atoms with E-state index in [1.807, 2.05) is 4.57 Å². The molecule has 1 rings (SSSR count). The van der Waals surface area contributed by atoms with Crippen molar-refractivity contribution in [2.75, 3.05) is 5.75 Å². The van der Waals surface area contributed by atoms with Gasteiger partial charge in [0.15, 0.2) is 0 Å². The third-order valence-electron chi connectivity index (χ3n) is 2.79. The van der Waals surface area contributed by atoms with E-state index in [1.54, 1.807) is 33.3 Å². The first-order valence-electron chi connectivity index (χ1n) is 7.52. The lowest BCUT2D eigenvalue weighted by atomic mass is 10.2. The molecule has 0 bridgehead atoms. The van der Waals surface area contributed by atoms with E-state index >= 15 is 0 Å². The molecule has 0 spiro atoms. The van der Waals surface area contributed by atoms with Crippen molar-refractivity contribution >= 4 is 23.8 Å². The molecular weight excluding hydrogens is 318 g/mol. The minimum absolute atomic E-state index is 0.256. The van der Waals surface area contributed by atoms with Gasteiger partial charge in [0.25, 0.3) is 0 Å². The Balaban J connectivity index is 2.49. The fourth-order valence-electron chi connectivity index (χ4n) is 1.82. The molecule has 1 heterocycles. The van der Waals surface area contributed by atoms with Gasteiger partial charge in [0.1, 0.15) is 11.6 Å². The van der Waals surface area contributed by atoms with Gasteiger partial charge < -0.3 is 19.7 Å². The van der Waals surface area contributed by atoms with E-state index in [2.05, 4.69) is 17.2 Å². The summed E-state index contributed by atoms with van der Waals surface area (Å²) < 4.78 is 7.13. The molecule has 1 atom stereocenters. The van der Waals surface area contributed by atoms with Crippen molar-refractivity contribution in [1.29, 1.82) is 0 Å². The zero-order valence-corrected chi connectivity index (χ0v) is 14.9. The van der Waals surface area contributed by atoms with E-state index in [1.165, 1.54) is 11.8 Å². The van der Waals surface area contributed by atoms with Crippen molar-refractivity contribution in [1.82, 2.24) is 14.9 Å². The Kier molecular flexibility index (Phi) is 7.41. The molecule has 1 aromatic rings. The number of imidazole rings is 1. The third-order valence-corrected chi connectivity index (χ3v) is 3.86. The molecule has 0 aromatic carbocycles. The SMILES string of the molecule is CCCn1cncc1CSCC(NC(=O)OC(C)(C)C)C(=O)O. The number of carbonyl (C=O) groups excluding carboxylic acids is 1. The highest BCUT2D eigenvalue weighted by molar-refractivity contribution is 7.98. The van der Waals surface area contributed by atoms with Gasteiger partial charge in [-0.1, -0.05) is 6.92 Å².